The predicted octanol–water partition coefficient (Wildman–Crippen LogP) is 2.44. The Hall–Kier alpha value is -1.84. The van der Waals surface area contributed by atoms with Gasteiger partial charge in [-0.15, -0.1) is 0 Å². The van der Waals surface area contributed by atoms with Crippen LogP contribution < -0.4 is 10.6 Å². The Morgan fingerprint density at radius 3 is 2.74 bits per heavy atom. The van der Waals surface area contributed by atoms with E-state index in [4.69, 9.17) is 0 Å². The number of anilines is 1. The van der Waals surface area contributed by atoms with Crippen LogP contribution in [-0.4, -0.2) is 17.9 Å². The van der Waals surface area contributed by atoms with Crippen molar-refractivity contribution in [3.05, 3.63) is 29.3 Å². The van der Waals surface area contributed by atoms with Gasteiger partial charge in [-0.05, 0) is 51.0 Å². The van der Waals surface area contributed by atoms with Crippen LogP contribution in [0.4, 0.5) is 5.69 Å². The summed E-state index contributed by atoms with van der Waals surface area (Å²) >= 11 is 0. The van der Waals surface area contributed by atoms with Crippen LogP contribution in [0.3, 0.4) is 0 Å². The summed E-state index contributed by atoms with van der Waals surface area (Å²) in [5, 5.41) is 5.77. The summed E-state index contributed by atoms with van der Waals surface area (Å²) in [6.07, 6.45) is 0.891. The molecule has 1 aliphatic rings. The largest absolute Gasteiger partial charge is 0.350 e. The topological polar surface area (TPSA) is 58.2 Å². The van der Waals surface area contributed by atoms with E-state index in [1.807, 2.05) is 33.8 Å². The van der Waals surface area contributed by atoms with Crippen molar-refractivity contribution in [1.82, 2.24) is 5.32 Å². The van der Waals surface area contributed by atoms with Crippen LogP contribution in [-0.2, 0) is 10.2 Å². The van der Waals surface area contributed by atoms with Gasteiger partial charge in [0.2, 0.25) is 5.91 Å². The maximum absolute atomic E-state index is 12.1. The van der Waals surface area contributed by atoms with E-state index in [0.717, 1.165) is 17.7 Å². The molecule has 0 aliphatic carbocycles. The minimum Gasteiger partial charge on any atom is -0.350 e. The lowest BCUT2D eigenvalue weighted by Crippen LogP contribution is -2.32. The van der Waals surface area contributed by atoms with Gasteiger partial charge in [0, 0.05) is 17.3 Å². The molecule has 1 unspecified atom stereocenters. The molecule has 19 heavy (non-hydrogen) atoms. The summed E-state index contributed by atoms with van der Waals surface area (Å²) in [7, 11) is 0. The molecule has 0 bridgehead atoms. The fourth-order valence-corrected chi connectivity index (χ4v) is 2.12. The molecule has 0 radical (unpaired) electrons. The van der Waals surface area contributed by atoms with Crippen LogP contribution in [0.1, 0.15) is 50.0 Å². The van der Waals surface area contributed by atoms with Crippen LogP contribution in [0.2, 0.25) is 0 Å². The van der Waals surface area contributed by atoms with E-state index in [-0.39, 0.29) is 17.9 Å². The van der Waals surface area contributed by atoms with Crippen LogP contribution in [0.5, 0.6) is 0 Å². The predicted molar refractivity (Wildman–Crippen MR) is 75.3 cm³/mol. The third kappa shape index (κ3) is 2.35. The first kappa shape index (κ1) is 13.6. The van der Waals surface area contributed by atoms with Gasteiger partial charge in [-0.3, -0.25) is 9.59 Å². The van der Waals surface area contributed by atoms with Gasteiger partial charge >= 0.3 is 0 Å². The Kier molecular flexibility index (Phi) is 3.35. The zero-order valence-corrected chi connectivity index (χ0v) is 11.8. The Morgan fingerprint density at radius 1 is 1.42 bits per heavy atom. The van der Waals surface area contributed by atoms with E-state index in [1.165, 1.54) is 0 Å². The number of carbonyl (C=O) groups excluding carboxylic acids is 2. The number of fused-ring (bicyclic) bond motifs is 1. The van der Waals surface area contributed by atoms with E-state index in [1.54, 1.807) is 12.1 Å². The standard InChI is InChI=1S/C15H20N2O2/c1-5-9(2)16-13(18)10-6-7-12-11(8-10)15(3,4)14(19)17-12/h6-9H,5H2,1-4H3,(H,16,18)(H,17,19). The first-order chi connectivity index (χ1) is 8.86. The SMILES string of the molecule is CCC(C)NC(=O)c1ccc2c(c1)C(C)(C)C(=O)N2. The molecule has 0 aromatic heterocycles. The molecule has 4 heteroatoms. The summed E-state index contributed by atoms with van der Waals surface area (Å²) in [4.78, 5) is 23.9. The number of nitrogens with one attached hydrogen (secondary N) is 2. The van der Waals surface area contributed by atoms with E-state index < -0.39 is 5.41 Å². The molecule has 0 spiro atoms. The minimum absolute atomic E-state index is 0.0259. The van der Waals surface area contributed by atoms with E-state index >= 15 is 0 Å². The highest BCUT2D eigenvalue weighted by Crippen LogP contribution is 2.37. The van der Waals surface area contributed by atoms with Crippen molar-refractivity contribution in [2.75, 3.05) is 5.32 Å². The molecule has 2 N–H and O–H groups in total. The van der Waals surface area contributed by atoms with Crippen LogP contribution >= 0.6 is 0 Å². The van der Waals surface area contributed by atoms with E-state index in [2.05, 4.69) is 10.6 Å². The molecule has 102 valence electrons. The van der Waals surface area contributed by atoms with Crippen molar-refractivity contribution >= 4 is 17.5 Å². The lowest BCUT2D eigenvalue weighted by Gasteiger charge is -2.16. The zero-order chi connectivity index (χ0) is 14.2. The van der Waals surface area contributed by atoms with Crippen LogP contribution in [0, 0.1) is 0 Å². The highest BCUT2D eigenvalue weighted by Gasteiger charge is 2.38. The Bertz CT molecular complexity index is 535. The van der Waals surface area contributed by atoms with Gasteiger partial charge in [0.15, 0.2) is 0 Å². The normalized spacial score (nSPS) is 17.6. The Morgan fingerprint density at radius 2 is 2.11 bits per heavy atom. The molecule has 2 rings (SSSR count). The fraction of sp³-hybridized carbons (Fsp3) is 0.467. The lowest BCUT2D eigenvalue weighted by atomic mass is 9.85. The quantitative estimate of drug-likeness (QED) is 0.877. The second-order valence-electron chi connectivity index (χ2n) is 5.62. The average Bonchev–Trinajstić information content (AvgIpc) is 2.60. The Balaban J connectivity index is 2.30. The van der Waals surface area contributed by atoms with Gasteiger partial charge in [-0.2, -0.15) is 0 Å². The number of hydrogen-bond acceptors (Lipinski definition) is 2. The van der Waals surface area contributed by atoms with Gasteiger partial charge in [0.25, 0.3) is 5.91 Å². The lowest BCUT2D eigenvalue weighted by molar-refractivity contribution is -0.119. The number of rotatable bonds is 3. The molecular formula is C15H20N2O2. The second kappa shape index (κ2) is 4.68. The molecule has 0 saturated carbocycles. The highest BCUT2D eigenvalue weighted by molar-refractivity contribution is 6.07. The molecule has 4 nitrogen and oxygen atoms in total. The van der Waals surface area contributed by atoms with Crippen LogP contribution in [0.25, 0.3) is 0 Å². The number of hydrogen-bond donors (Lipinski definition) is 2. The van der Waals surface area contributed by atoms with Gasteiger partial charge in [-0.1, -0.05) is 6.92 Å². The summed E-state index contributed by atoms with van der Waals surface area (Å²) in [5.74, 6) is -0.116. The molecule has 1 aromatic carbocycles. The first-order valence-electron chi connectivity index (χ1n) is 6.63. The summed E-state index contributed by atoms with van der Waals surface area (Å²) in [6.45, 7) is 7.73. The molecule has 0 fully saturated rings. The molecule has 1 aliphatic heterocycles. The first-order valence-corrected chi connectivity index (χ1v) is 6.63. The van der Waals surface area contributed by atoms with Crippen molar-refractivity contribution in [2.24, 2.45) is 0 Å². The molecule has 1 atom stereocenters. The third-order valence-corrected chi connectivity index (χ3v) is 3.76. The maximum atomic E-state index is 12.1. The number of benzene rings is 1. The summed E-state index contributed by atoms with van der Waals surface area (Å²) in [5.41, 5.74) is 1.70. The summed E-state index contributed by atoms with van der Waals surface area (Å²) < 4.78 is 0. The molecule has 2 amide bonds. The number of amides is 2. The fourth-order valence-electron chi connectivity index (χ4n) is 2.12. The molecule has 1 aromatic rings. The van der Waals surface area contributed by atoms with Gasteiger partial charge in [-0.25, -0.2) is 0 Å². The zero-order valence-electron chi connectivity index (χ0n) is 11.8. The number of carbonyl (C=O) groups is 2. The maximum Gasteiger partial charge on any atom is 0.251 e. The smallest absolute Gasteiger partial charge is 0.251 e. The van der Waals surface area contributed by atoms with E-state index in [0.29, 0.717) is 5.56 Å². The van der Waals surface area contributed by atoms with Crippen molar-refractivity contribution < 1.29 is 9.59 Å². The van der Waals surface area contributed by atoms with Gasteiger partial charge < -0.3 is 10.6 Å². The van der Waals surface area contributed by atoms with E-state index in [9.17, 15) is 9.59 Å². The van der Waals surface area contributed by atoms with Crippen molar-refractivity contribution in [1.29, 1.82) is 0 Å². The minimum atomic E-state index is -0.581. The third-order valence-electron chi connectivity index (χ3n) is 3.76. The monoisotopic (exact) mass is 260 g/mol. The van der Waals surface area contributed by atoms with Crippen LogP contribution in [0.15, 0.2) is 18.2 Å². The second-order valence-corrected chi connectivity index (χ2v) is 5.62. The van der Waals surface area contributed by atoms with Crippen molar-refractivity contribution in [2.45, 2.75) is 45.6 Å². The van der Waals surface area contributed by atoms with Crippen molar-refractivity contribution in [3.63, 3.8) is 0 Å². The van der Waals surface area contributed by atoms with Crippen molar-refractivity contribution in [3.8, 4) is 0 Å². The molecule has 0 saturated heterocycles. The van der Waals surface area contributed by atoms with Gasteiger partial charge in [0.1, 0.15) is 0 Å². The van der Waals surface area contributed by atoms with Gasteiger partial charge in [0.05, 0.1) is 5.41 Å². The molecule has 1 heterocycles. The Labute approximate surface area is 113 Å². The average molecular weight is 260 g/mol. The molecular weight excluding hydrogens is 240 g/mol. The summed E-state index contributed by atoms with van der Waals surface area (Å²) in [6, 6.07) is 5.50. The highest BCUT2D eigenvalue weighted by atomic mass is 16.2.